The van der Waals surface area contributed by atoms with Crippen LogP contribution in [-0.2, 0) is 51.3 Å². The SMILES string of the molecule is CC(=O)C1=NN(c2cc(S(=O)(=O)O)ccc2S(=O)(=O)O)C(=O)\C1=C/C=C/C=C/c1c(C(C)=O)[nH]n(-c2cc(OS(=O)O)ccc2S(=O)(=O)O)c1=O. The zero-order valence-corrected chi connectivity index (χ0v) is 28.8. The second kappa shape index (κ2) is 14.2. The number of allylic oxidation sites excluding steroid dienone is 4. The van der Waals surface area contributed by atoms with Gasteiger partial charge in [-0.1, -0.05) is 18.2 Å². The zero-order chi connectivity index (χ0) is 38.2. The van der Waals surface area contributed by atoms with Crippen LogP contribution in [0.15, 0.2) is 90.9 Å². The Labute approximate surface area is 289 Å². The van der Waals surface area contributed by atoms with Gasteiger partial charge in [-0.05, 0) is 42.5 Å². The molecule has 1 aliphatic heterocycles. The maximum atomic E-state index is 13.3. The van der Waals surface area contributed by atoms with Crippen molar-refractivity contribution in [3.8, 4) is 11.4 Å². The Balaban J connectivity index is 1.75. The topological polar surface area (TPSA) is 314 Å². The van der Waals surface area contributed by atoms with Gasteiger partial charge in [-0.3, -0.25) is 42.5 Å². The van der Waals surface area contributed by atoms with Crippen molar-refractivity contribution < 1.29 is 66.2 Å². The molecule has 2 aromatic carbocycles. The standard InChI is InChI=1S/C27H22N4O16S4/c1-14(32)24-18(26(34)30(28-24)20-12-16(47-48(36)37)8-10-22(20)50(41,42)43)6-4-3-5-7-19-25(15(2)33)29-31(27(19)35)21-13-17(49(38,39)40)9-11-23(21)51(44,45)46/h3-13,28H,1-2H3,(H,36,37)(H,38,39,40)(H,41,42,43)(H,44,45,46)/b5-3+,6-4+,19-7-. The predicted molar refractivity (Wildman–Crippen MR) is 176 cm³/mol. The van der Waals surface area contributed by atoms with E-state index in [0.717, 1.165) is 50.3 Å². The molecule has 5 N–H and O–H groups in total. The van der Waals surface area contributed by atoms with Crippen molar-refractivity contribution in [1.29, 1.82) is 0 Å². The van der Waals surface area contributed by atoms with E-state index in [9.17, 15) is 62.3 Å². The molecule has 24 heteroatoms. The average Bonchev–Trinajstić information content (AvgIpc) is 3.51. The number of benzene rings is 2. The number of hydrazone groups is 1. The van der Waals surface area contributed by atoms with Crippen molar-refractivity contribution in [2.45, 2.75) is 28.5 Å². The number of hydrogen-bond donors (Lipinski definition) is 5. The van der Waals surface area contributed by atoms with Crippen LogP contribution < -0.4 is 14.8 Å². The summed E-state index contributed by atoms with van der Waals surface area (Å²) in [5, 5.41) is 6.50. The molecule has 3 aromatic rings. The van der Waals surface area contributed by atoms with Gasteiger partial charge < -0.3 is 4.18 Å². The summed E-state index contributed by atoms with van der Waals surface area (Å²) in [5.74, 6) is -3.08. The quantitative estimate of drug-likeness (QED) is 0.0564. The fourth-order valence-electron chi connectivity index (χ4n) is 4.46. The van der Waals surface area contributed by atoms with E-state index in [2.05, 4.69) is 14.4 Å². The summed E-state index contributed by atoms with van der Waals surface area (Å²) < 4.78 is 125. The molecule has 0 radical (unpaired) electrons. The average molecular weight is 787 g/mol. The lowest BCUT2D eigenvalue weighted by Gasteiger charge is -2.15. The molecule has 4 rings (SSSR count). The van der Waals surface area contributed by atoms with Gasteiger partial charge in [-0.2, -0.15) is 39.6 Å². The minimum absolute atomic E-state index is 0.324. The molecular formula is C27H22N4O16S4. The number of nitrogens with zero attached hydrogens (tertiary/aromatic N) is 3. The van der Waals surface area contributed by atoms with E-state index in [1.165, 1.54) is 12.2 Å². The second-order valence-electron chi connectivity index (χ2n) is 10.0. The van der Waals surface area contributed by atoms with E-state index in [-0.39, 0.29) is 11.3 Å². The number of aromatic nitrogens is 2. The fraction of sp³-hybridized carbons (Fsp3) is 0.0741. The van der Waals surface area contributed by atoms with Gasteiger partial charge in [-0.15, -0.1) is 0 Å². The molecule has 0 spiro atoms. The maximum Gasteiger partial charge on any atom is 0.357 e. The third-order valence-corrected chi connectivity index (χ3v) is 9.58. The molecule has 1 unspecified atom stereocenters. The first-order valence-corrected chi connectivity index (χ1v) is 18.7. The molecule has 51 heavy (non-hydrogen) atoms. The van der Waals surface area contributed by atoms with Crippen molar-refractivity contribution >= 4 is 76.7 Å². The molecule has 1 aromatic heterocycles. The van der Waals surface area contributed by atoms with Crippen molar-refractivity contribution in [2.75, 3.05) is 5.01 Å². The molecule has 2 heterocycles. The van der Waals surface area contributed by atoms with E-state index in [1.54, 1.807) is 0 Å². The molecule has 20 nitrogen and oxygen atoms in total. The molecule has 0 aliphatic carbocycles. The Morgan fingerprint density at radius 2 is 1.45 bits per heavy atom. The first-order valence-electron chi connectivity index (χ1n) is 13.4. The van der Waals surface area contributed by atoms with E-state index >= 15 is 0 Å². The van der Waals surface area contributed by atoms with Gasteiger partial charge >= 0.3 is 11.4 Å². The molecule has 270 valence electrons. The summed E-state index contributed by atoms with van der Waals surface area (Å²) in [7, 11) is -15.0. The smallest absolute Gasteiger partial charge is 0.357 e. The molecule has 1 amide bonds. The van der Waals surface area contributed by atoms with Crippen LogP contribution in [0.1, 0.15) is 29.9 Å². The third kappa shape index (κ3) is 8.40. The number of Topliss-reactive ketones (excluding diaryl/α,β-unsaturated/α-hetero) is 2. The molecule has 1 atom stereocenters. The summed E-state index contributed by atoms with van der Waals surface area (Å²) >= 11 is -2.86. The Morgan fingerprint density at radius 1 is 0.843 bits per heavy atom. The van der Waals surface area contributed by atoms with Gasteiger partial charge in [0.05, 0.1) is 27.4 Å². The highest BCUT2D eigenvalue weighted by molar-refractivity contribution is 7.86. The van der Waals surface area contributed by atoms with Crippen molar-refractivity contribution in [1.82, 2.24) is 9.78 Å². The summed E-state index contributed by atoms with van der Waals surface area (Å²) in [6.45, 7) is 2.06. The minimum atomic E-state index is -5.10. The number of hydrogen-bond acceptors (Lipinski definition) is 13. The monoisotopic (exact) mass is 786 g/mol. The molecule has 0 saturated heterocycles. The summed E-state index contributed by atoms with van der Waals surface area (Å²) in [4.78, 5) is 48.6. The fourth-order valence-corrected chi connectivity index (χ4v) is 6.54. The highest BCUT2D eigenvalue weighted by Crippen LogP contribution is 2.33. The largest absolute Gasteiger partial charge is 0.380 e. The lowest BCUT2D eigenvalue weighted by atomic mass is 10.1. The van der Waals surface area contributed by atoms with E-state index in [4.69, 9.17) is 4.55 Å². The summed E-state index contributed by atoms with van der Waals surface area (Å²) in [6.07, 6.45) is 5.63. The van der Waals surface area contributed by atoms with Crippen LogP contribution in [0.3, 0.4) is 0 Å². The number of H-pyrrole nitrogens is 1. The number of rotatable bonds is 12. The van der Waals surface area contributed by atoms with Crippen LogP contribution in [-0.4, -0.2) is 80.6 Å². The lowest BCUT2D eigenvalue weighted by Crippen LogP contribution is -2.24. The van der Waals surface area contributed by atoms with Crippen LogP contribution in [0.4, 0.5) is 5.69 Å². The van der Waals surface area contributed by atoms with Gasteiger partial charge in [-0.25, -0.2) is 4.68 Å². The number of carbonyl (C=O) groups excluding carboxylic acids is 3. The highest BCUT2D eigenvalue weighted by atomic mass is 32.2. The van der Waals surface area contributed by atoms with Crippen molar-refractivity contribution in [3.63, 3.8) is 0 Å². The molecule has 0 fully saturated rings. The van der Waals surface area contributed by atoms with Crippen LogP contribution >= 0.6 is 0 Å². The number of aromatic amines is 1. The summed E-state index contributed by atoms with van der Waals surface area (Å²) in [5.41, 5.74) is -4.10. The van der Waals surface area contributed by atoms with Crippen LogP contribution in [0, 0.1) is 0 Å². The molecule has 0 bridgehead atoms. The van der Waals surface area contributed by atoms with Gasteiger partial charge in [0.15, 0.2) is 11.6 Å². The molecule has 0 saturated carbocycles. The number of nitrogens with one attached hydrogen (secondary N) is 1. The van der Waals surface area contributed by atoms with Crippen LogP contribution in [0.25, 0.3) is 11.8 Å². The number of anilines is 1. The van der Waals surface area contributed by atoms with Crippen LogP contribution in [0.2, 0.25) is 0 Å². The van der Waals surface area contributed by atoms with E-state index in [0.29, 0.717) is 27.9 Å². The minimum Gasteiger partial charge on any atom is -0.380 e. The zero-order valence-electron chi connectivity index (χ0n) is 25.5. The highest BCUT2D eigenvalue weighted by Gasteiger charge is 2.36. The maximum absolute atomic E-state index is 13.3. The normalized spacial score (nSPS) is 15.6. The van der Waals surface area contributed by atoms with Gasteiger partial charge in [0.1, 0.15) is 26.9 Å². The molecule has 1 aliphatic rings. The summed E-state index contributed by atoms with van der Waals surface area (Å²) in [6, 6.07) is 4.28. The van der Waals surface area contributed by atoms with Gasteiger partial charge in [0.2, 0.25) is 0 Å². The Hall–Kier alpha value is -5.21. The van der Waals surface area contributed by atoms with Crippen molar-refractivity contribution in [3.05, 3.63) is 87.9 Å². The molecular weight excluding hydrogens is 765 g/mol. The first kappa shape index (κ1) is 38.6. The Kier molecular flexibility index (Phi) is 10.7. The van der Waals surface area contributed by atoms with E-state index < -0.39 is 108 Å². The predicted octanol–water partition coefficient (Wildman–Crippen LogP) is 1.11. The Morgan fingerprint density at radius 3 is 2.00 bits per heavy atom. The first-order chi connectivity index (χ1) is 23.5. The van der Waals surface area contributed by atoms with Crippen molar-refractivity contribution in [2.24, 2.45) is 5.10 Å². The Bertz CT molecular complexity index is 2560. The van der Waals surface area contributed by atoms with Crippen LogP contribution in [0.5, 0.6) is 5.75 Å². The number of ketones is 2. The van der Waals surface area contributed by atoms with Gasteiger partial charge in [0.25, 0.3) is 41.8 Å². The lowest BCUT2D eigenvalue weighted by molar-refractivity contribution is -0.115. The van der Waals surface area contributed by atoms with Gasteiger partial charge in [0, 0.05) is 19.9 Å². The number of carbonyl (C=O) groups is 3. The second-order valence-corrected chi connectivity index (χ2v) is 14.8. The third-order valence-electron chi connectivity index (χ3n) is 6.59. The number of amides is 1. The van der Waals surface area contributed by atoms with E-state index in [1.807, 2.05) is 0 Å².